The van der Waals surface area contributed by atoms with Crippen molar-refractivity contribution in [1.82, 2.24) is 0 Å². The number of rotatable bonds is 4. The summed E-state index contributed by atoms with van der Waals surface area (Å²) in [4.78, 5) is 1.17. The third-order valence-corrected chi connectivity index (χ3v) is 3.17. The van der Waals surface area contributed by atoms with E-state index in [9.17, 15) is 13.2 Å². The van der Waals surface area contributed by atoms with Crippen LogP contribution in [0.5, 0.6) is 0 Å². The standard InChI is InChI=1S/C12H16BrF3N2/c1-8(17)5-9-3-4-10(6-11(9)13)18(2)7-12(14,15)16/h3-4,6,8H,5,7,17H2,1-2H3. The molecule has 2 nitrogen and oxygen atoms in total. The topological polar surface area (TPSA) is 29.3 Å². The Balaban J connectivity index is 2.83. The monoisotopic (exact) mass is 324 g/mol. The van der Waals surface area contributed by atoms with Gasteiger partial charge in [-0.3, -0.25) is 0 Å². The molecule has 1 aromatic carbocycles. The van der Waals surface area contributed by atoms with Crippen LogP contribution in [0, 0.1) is 0 Å². The molecule has 0 saturated heterocycles. The number of nitrogens with zero attached hydrogens (tertiary/aromatic N) is 1. The van der Waals surface area contributed by atoms with Gasteiger partial charge in [0, 0.05) is 23.2 Å². The summed E-state index contributed by atoms with van der Waals surface area (Å²) in [5.74, 6) is 0. The maximum atomic E-state index is 12.3. The summed E-state index contributed by atoms with van der Waals surface area (Å²) < 4.78 is 37.6. The molecule has 2 N–H and O–H groups in total. The molecule has 0 heterocycles. The van der Waals surface area contributed by atoms with Gasteiger partial charge in [0.25, 0.3) is 0 Å². The first-order valence-corrected chi connectivity index (χ1v) is 6.30. The Morgan fingerprint density at radius 3 is 2.44 bits per heavy atom. The highest BCUT2D eigenvalue weighted by molar-refractivity contribution is 9.10. The molecule has 6 heteroatoms. The molecule has 1 atom stereocenters. The number of anilines is 1. The van der Waals surface area contributed by atoms with Crippen LogP contribution in [-0.4, -0.2) is 25.8 Å². The first kappa shape index (κ1) is 15.3. The van der Waals surface area contributed by atoms with Gasteiger partial charge in [0.2, 0.25) is 0 Å². The van der Waals surface area contributed by atoms with Gasteiger partial charge in [0.05, 0.1) is 0 Å². The summed E-state index contributed by atoms with van der Waals surface area (Å²) in [6.07, 6.45) is -3.52. The molecule has 0 aliphatic rings. The van der Waals surface area contributed by atoms with Crippen molar-refractivity contribution in [3.8, 4) is 0 Å². The summed E-state index contributed by atoms with van der Waals surface area (Å²) in [5, 5.41) is 0. The zero-order valence-corrected chi connectivity index (χ0v) is 11.8. The maximum Gasteiger partial charge on any atom is 0.405 e. The second-order valence-electron chi connectivity index (χ2n) is 4.43. The second-order valence-corrected chi connectivity index (χ2v) is 5.28. The molecular formula is C12H16BrF3N2. The highest BCUT2D eigenvalue weighted by atomic mass is 79.9. The minimum Gasteiger partial charge on any atom is -0.366 e. The molecule has 0 fully saturated rings. The molecule has 102 valence electrons. The van der Waals surface area contributed by atoms with E-state index in [4.69, 9.17) is 5.73 Å². The van der Waals surface area contributed by atoms with Crippen LogP contribution in [0.2, 0.25) is 0 Å². The van der Waals surface area contributed by atoms with E-state index in [1.165, 1.54) is 11.9 Å². The number of hydrogen-bond donors (Lipinski definition) is 1. The zero-order chi connectivity index (χ0) is 13.9. The van der Waals surface area contributed by atoms with Gasteiger partial charge in [-0.1, -0.05) is 22.0 Å². The fraction of sp³-hybridized carbons (Fsp3) is 0.500. The van der Waals surface area contributed by atoms with Crippen LogP contribution in [0.1, 0.15) is 12.5 Å². The van der Waals surface area contributed by atoms with Crippen LogP contribution in [0.3, 0.4) is 0 Å². The summed E-state index contributed by atoms with van der Waals surface area (Å²) in [7, 11) is 1.42. The van der Waals surface area contributed by atoms with Crippen molar-refractivity contribution in [2.24, 2.45) is 5.73 Å². The molecule has 0 aliphatic carbocycles. The average Bonchev–Trinajstić information content (AvgIpc) is 2.17. The van der Waals surface area contributed by atoms with E-state index in [2.05, 4.69) is 15.9 Å². The van der Waals surface area contributed by atoms with Crippen molar-refractivity contribution in [3.05, 3.63) is 28.2 Å². The molecular weight excluding hydrogens is 309 g/mol. The highest BCUT2D eigenvalue weighted by Crippen LogP contribution is 2.26. The van der Waals surface area contributed by atoms with E-state index in [0.717, 1.165) is 10.0 Å². The third kappa shape index (κ3) is 4.86. The van der Waals surface area contributed by atoms with E-state index < -0.39 is 12.7 Å². The van der Waals surface area contributed by atoms with Crippen molar-refractivity contribution in [1.29, 1.82) is 0 Å². The van der Waals surface area contributed by atoms with Crippen LogP contribution >= 0.6 is 15.9 Å². The Hall–Kier alpha value is -0.750. The van der Waals surface area contributed by atoms with E-state index in [-0.39, 0.29) is 6.04 Å². The van der Waals surface area contributed by atoms with Crippen molar-refractivity contribution < 1.29 is 13.2 Å². The Morgan fingerprint density at radius 1 is 1.39 bits per heavy atom. The molecule has 0 radical (unpaired) electrons. The number of benzene rings is 1. The minimum absolute atomic E-state index is 0.0139. The number of nitrogens with two attached hydrogens (primary N) is 1. The Kier molecular flexibility index (Phi) is 5.04. The molecule has 0 bridgehead atoms. The first-order valence-electron chi connectivity index (χ1n) is 5.51. The van der Waals surface area contributed by atoms with E-state index >= 15 is 0 Å². The SMILES string of the molecule is CC(N)Cc1ccc(N(C)CC(F)(F)F)cc1Br. The van der Waals surface area contributed by atoms with Crippen LogP contribution in [0.4, 0.5) is 18.9 Å². The lowest BCUT2D eigenvalue weighted by atomic mass is 10.1. The molecule has 0 aromatic heterocycles. The lowest BCUT2D eigenvalue weighted by Crippen LogP contribution is -2.30. The third-order valence-electron chi connectivity index (χ3n) is 2.44. The summed E-state index contributed by atoms with van der Waals surface area (Å²) >= 11 is 3.36. The molecule has 0 saturated carbocycles. The molecule has 0 amide bonds. The van der Waals surface area contributed by atoms with Crippen LogP contribution in [0.25, 0.3) is 0 Å². The van der Waals surface area contributed by atoms with Crippen molar-refractivity contribution >= 4 is 21.6 Å². The molecule has 1 aromatic rings. The molecule has 0 spiro atoms. The lowest BCUT2D eigenvalue weighted by Gasteiger charge is -2.22. The van der Waals surface area contributed by atoms with Crippen LogP contribution < -0.4 is 10.6 Å². The number of halogens is 4. The molecule has 0 aliphatic heterocycles. The maximum absolute atomic E-state index is 12.3. The second kappa shape index (κ2) is 5.93. The molecule has 1 rings (SSSR count). The normalized spacial score (nSPS) is 13.5. The smallest absolute Gasteiger partial charge is 0.366 e. The Morgan fingerprint density at radius 2 is 2.00 bits per heavy atom. The van der Waals surface area contributed by atoms with Crippen LogP contribution in [0.15, 0.2) is 22.7 Å². The number of alkyl halides is 3. The predicted molar refractivity (Wildman–Crippen MR) is 70.8 cm³/mol. The van der Waals surface area contributed by atoms with Gasteiger partial charge in [-0.15, -0.1) is 0 Å². The van der Waals surface area contributed by atoms with Crippen molar-refractivity contribution in [2.45, 2.75) is 25.6 Å². The van der Waals surface area contributed by atoms with Crippen molar-refractivity contribution in [2.75, 3.05) is 18.5 Å². The minimum atomic E-state index is -4.20. The predicted octanol–water partition coefficient (Wildman–Crippen LogP) is 3.34. The van der Waals surface area contributed by atoms with Crippen molar-refractivity contribution in [3.63, 3.8) is 0 Å². The summed E-state index contributed by atoms with van der Waals surface area (Å²) in [6.45, 7) is 0.919. The van der Waals surface area contributed by atoms with Crippen LogP contribution in [-0.2, 0) is 6.42 Å². The van der Waals surface area contributed by atoms with Gasteiger partial charge in [-0.25, -0.2) is 0 Å². The summed E-state index contributed by atoms with van der Waals surface area (Å²) in [5.41, 5.74) is 7.21. The number of hydrogen-bond acceptors (Lipinski definition) is 2. The quantitative estimate of drug-likeness (QED) is 0.920. The molecule has 18 heavy (non-hydrogen) atoms. The fourth-order valence-corrected chi connectivity index (χ4v) is 2.17. The largest absolute Gasteiger partial charge is 0.405 e. The lowest BCUT2D eigenvalue weighted by molar-refractivity contribution is -0.119. The first-order chi connectivity index (χ1) is 8.19. The van der Waals surface area contributed by atoms with Gasteiger partial charge >= 0.3 is 6.18 Å². The fourth-order valence-electron chi connectivity index (χ4n) is 1.65. The Bertz CT molecular complexity index is 405. The zero-order valence-electron chi connectivity index (χ0n) is 10.3. The van der Waals surface area contributed by atoms with Gasteiger partial charge in [-0.2, -0.15) is 13.2 Å². The van der Waals surface area contributed by atoms with Gasteiger partial charge in [0.15, 0.2) is 0 Å². The van der Waals surface area contributed by atoms with E-state index in [1.54, 1.807) is 18.2 Å². The molecule has 1 unspecified atom stereocenters. The van der Waals surface area contributed by atoms with Gasteiger partial charge in [-0.05, 0) is 31.0 Å². The van der Waals surface area contributed by atoms with E-state index in [0.29, 0.717) is 12.1 Å². The highest BCUT2D eigenvalue weighted by Gasteiger charge is 2.29. The Labute approximate surface area is 113 Å². The average molecular weight is 325 g/mol. The van der Waals surface area contributed by atoms with Gasteiger partial charge in [0.1, 0.15) is 6.54 Å². The summed E-state index contributed by atoms with van der Waals surface area (Å²) in [6, 6.07) is 5.17. The van der Waals surface area contributed by atoms with E-state index in [1.807, 2.05) is 6.92 Å². The van der Waals surface area contributed by atoms with Gasteiger partial charge < -0.3 is 10.6 Å².